The summed E-state index contributed by atoms with van der Waals surface area (Å²) >= 11 is 25.6. The first-order chi connectivity index (χ1) is 42.2. The number of rotatable bonds is 22. The van der Waals surface area contributed by atoms with Crippen LogP contribution >= 0.6 is 68.8 Å². The van der Waals surface area contributed by atoms with Crippen molar-refractivity contribution in [1.29, 1.82) is 0 Å². The van der Waals surface area contributed by atoms with E-state index in [9.17, 15) is 4.79 Å². The molecule has 24 heteroatoms. The molecule has 0 aliphatic carbocycles. The third-order valence-corrected chi connectivity index (χ3v) is 20.9. The summed E-state index contributed by atoms with van der Waals surface area (Å²) in [5.41, 5.74) is 3.54. The molecule has 9 aromatic rings. The largest absolute Gasteiger partial charge is 0.368 e. The normalized spacial score (nSPS) is 18.1. The first kappa shape index (κ1) is 59.2. The Morgan fingerprint density at radius 3 is 1.30 bits per heavy atom. The lowest BCUT2D eigenvalue weighted by atomic mass is 9.73. The zero-order valence-electron chi connectivity index (χ0n) is 47.7. The van der Waals surface area contributed by atoms with Gasteiger partial charge < -0.3 is 56.2 Å². The lowest BCUT2D eigenvalue weighted by Gasteiger charge is -2.51. The summed E-state index contributed by atoms with van der Waals surface area (Å²) in [6, 6.07) is 25.9. The highest BCUT2D eigenvalue weighted by atomic mass is 35.5. The summed E-state index contributed by atoms with van der Waals surface area (Å²) in [6.45, 7) is 18.5. The molecule has 4 aliphatic heterocycles. The molecule has 0 bridgehead atoms. The molecule has 1 unspecified atom stereocenters. The van der Waals surface area contributed by atoms with E-state index in [2.05, 4.69) is 134 Å². The summed E-state index contributed by atoms with van der Waals surface area (Å²) < 4.78 is 10.2. The molecular weight excluding hydrogens is 1200 g/mol. The van der Waals surface area contributed by atoms with Gasteiger partial charge in [-0.05, 0) is 108 Å². The number of hydrogen-bond acceptors (Lipinski definition) is 20. The fourth-order valence-corrected chi connectivity index (χ4v) is 16.3. The molecule has 86 heavy (non-hydrogen) atoms. The predicted molar refractivity (Wildman–Crippen MR) is 353 cm³/mol. The van der Waals surface area contributed by atoms with E-state index < -0.39 is 11.6 Å². The molecule has 0 radical (unpaired) electrons. The van der Waals surface area contributed by atoms with Crippen molar-refractivity contribution in [3.63, 3.8) is 0 Å². The highest BCUT2D eigenvalue weighted by Gasteiger charge is 2.51. The van der Waals surface area contributed by atoms with E-state index in [0.29, 0.717) is 63.1 Å². The van der Waals surface area contributed by atoms with E-state index in [1.165, 1.54) is 0 Å². The van der Waals surface area contributed by atoms with E-state index in [1.807, 2.05) is 4.90 Å². The molecule has 3 aromatic carbocycles. The van der Waals surface area contributed by atoms with Crippen LogP contribution in [-0.4, -0.2) is 187 Å². The van der Waals surface area contributed by atoms with Crippen LogP contribution in [0.2, 0.25) is 15.1 Å². The number of carbonyl (C=O) groups is 1. The molecule has 18 nitrogen and oxygen atoms in total. The van der Waals surface area contributed by atoms with Crippen LogP contribution in [0.15, 0.2) is 91.4 Å². The van der Waals surface area contributed by atoms with Gasteiger partial charge in [-0.15, -0.1) is 34.0 Å². The van der Waals surface area contributed by atoms with Crippen LogP contribution in [0, 0.1) is 0 Å². The van der Waals surface area contributed by atoms with Crippen molar-refractivity contribution in [2.24, 2.45) is 0 Å². The number of morpholine rings is 1. The van der Waals surface area contributed by atoms with Gasteiger partial charge in [0.15, 0.2) is 0 Å². The zero-order valence-corrected chi connectivity index (χ0v) is 52.4. The summed E-state index contributed by atoms with van der Waals surface area (Å²) in [5, 5.41) is 25.1. The number of hydrogen-bond donors (Lipinski definition) is 6. The fourth-order valence-electron chi connectivity index (χ4n) is 12.3. The fraction of sp³-hybridized carbons (Fsp3) is 0.403. The molecule has 0 saturated carbocycles. The number of nitrogens with one attached hydrogen (secondary N) is 6. The molecule has 4 aliphatic rings. The quantitative estimate of drug-likeness (QED) is 0.0278. The minimum atomic E-state index is -1.16. The van der Waals surface area contributed by atoms with Crippen LogP contribution in [-0.2, 0) is 15.1 Å². The maximum atomic E-state index is 14.0. The second-order valence-electron chi connectivity index (χ2n) is 22.2. The van der Waals surface area contributed by atoms with Crippen molar-refractivity contribution in [2.45, 2.75) is 30.9 Å². The number of ether oxygens (including phenoxy) is 1. The number of fused-ring (bicyclic) bond motifs is 3. The Bertz CT molecular complexity index is 3680. The van der Waals surface area contributed by atoms with Gasteiger partial charge in [-0.2, -0.15) is 0 Å². The van der Waals surface area contributed by atoms with E-state index >= 15 is 0 Å². The molecule has 6 aromatic heterocycles. The van der Waals surface area contributed by atoms with Gasteiger partial charge in [0.25, 0.3) is 0 Å². The number of halogens is 3. The van der Waals surface area contributed by atoms with Crippen LogP contribution in [0.1, 0.15) is 42.1 Å². The minimum Gasteiger partial charge on any atom is -0.368 e. The van der Waals surface area contributed by atoms with Crippen LogP contribution in [0.4, 0.5) is 17.8 Å². The Kier molecular flexibility index (Phi) is 18.8. The van der Waals surface area contributed by atoms with Gasteiger partial charge in [0, 0.05) is 119 Å². The van der Waals surface area contributed by atoms with E-state index in [4.69, 9.17) is 54.5 Å². The van der Waals surface area contributed by atoms with Gasteiger partial charge >= 0.3 is 0 Å². The summed E-state index contributed by atoms with van der Waals surface area (Å²) in [5.74, 6) is 1.63. The molecule has 4 fully saturated rings. The maximum absolute atomic E-state index is 14.0. The smallest absolute Gasteiger partial charge is 0.223 e. The van der Waals surface area contributed by atoms with Crippen LogP contribution < -0.4 is 31.9 Å². The maximum Gasteiger partial charge on any atom is 0.223 e. The van der Waals surface area contributed by atoms with Crippen molar-refractivity contribution >= 4 is 123 Å². The van der Waals surface area contributed by atoms with E-state index in [0.717, 1.165) is 205 Å². The SMILES string of the molecule is O=CN1CCOC(c2ccc3cc(-c4nc(NCCCN5CCNCC5)ncc4Cl)sc3c2)C1(c1ccc2cc(-c3nc(NCCCN4CCNCC4)ncc3Cl)sc2c1)c1ccc2cc(-c3nc(NCCCN4CCNCC4)ncc3Cl)sc2c1. The van der Waals surface area contributed by atoms with Crippen molar-refractivity contribution < 1.29 is 9.53 Å². The lowest BCUT2D eigenvalue weighted by Crippen LogP contribution is -2.56. The number of anilines is 3. The molecule has 10 heterocycles. The van der Waals surface area contributed by atoms with Gasteiger partial charge in [-0.3, -0.25) is 4.79 Å². The first-order valence-corrected chi connectivity index (χ1v) is 33.4. The summed E-state index contributed by atoms with van der Waals surface area (Å²) in [6.07, 6.45) is 8.29. The summed E-state index contributed by atoms with van der Waals surface area (Å²) in [4.78, 5) is 54.7. The molecule has 0 spiro atoms. The topological polar surface area (TPSA) is 189 Å². The molecule has 1 amide bonds. The average molecular weight is 1270 g/mol. The second kappa shape index (κ2) is 27.3. The van der Waals surface area contributed by atoms with E-state index in [1.54, 1.807) is 52.6 Å². The lowest BCUT2D eigenvalue weighted by molar-refractivity contribution is -0.147. The second-order valence-corrected chi connectivity index (χ2v) is 26.7. The van der Waals surface area contributed by atoms with Crippen molar-refractivity contribution in [1.82, 2.24) is 65.5 Å². The van der Waals surface area contributed by atoms with E-state index in [-0.39, 0.29) is 0 Å². The van der Waals surface area contributed by atoms with Crippen molar-refractivity contribution in [3.05, 3.63) is 123 Å². The van der Waals surface area contributed by atoms with Gasteiger partial charge in [0.1, 0.15) is 28.7 Å². The highest BCUT2D eigenvalue weighted by Crippen LogP contribution is 2.53. The molecule has 13 rings (SSSR count). The van der Waals surface area contributed by atoms with Crippen LogP contribution in [0.25, 0.3) is 62.0 Å². The molecule has 1 atom stereocenters. The third kappa shape index (κ3) is 13.0. The standard InChI is InChI=1S/C62H69Cl3N16O2S3/c63-46-36-72-59(69-10-1-19-78-22-13-66-14-23-78)75-55(46)52-30-40-4-5-43(33-49(40)84-52)58-62(81(39-82)28-29-83-58,44-8-6-41-31-53(85-50(41)34-44)56-47(64)37-73-60(76-56)70-11-2-20-79-24-15-67-16-25-79)45-9-7-42-32-54(86-51(42)35-45)57-48(65)38-74-61(77-57)71-12-3-21-80-26-17-68-18-27-80/h4-9,30-39,58,66-68H,1-3,10-29H2,(H,69,72,75)(H,70,73,76)(H,71,74,77). The number of aromatic nitrogens is 6. The molecule has 6 N–H and O–H groups in total. The Balaban J connectivity index is 0.844. The number of benzene rings is 3. The number of nitrogens with zero attached hydrogens (tertiary/aromatic N) is 10. The predicted octanol–water partition coefficient (Wildman–Crippen LogP) is 10.3. The molecule has 448 valence electrons. The summed E-state index contributed by atoms with van der Waals surface area (Å²) in [7, 11) is 0. The van der Waals surface area contributed by atoms with Gasteiger partial charge in [-0.25, -0.2) is 29.9 Å². The van der Waals surface area contributed by atoms with Gasteiger partial charge in [-0.1, -0.05) is 71.2 Å². The average Bonchev–Trinajstić information content (AvgIpc) is 1.06. The Labute approximate surface area is 527 Å². The van der Waals surface area contributed by atoms with Crippen LogP contribution in [0.3, 0.4) is 0 Å². The van der Waals surface area contributed by atoms with Crippen LogP contribution in [0.5, 0.6) is 0 Å². The third-order valence-electron chi connectivity index (χ3n) is 16.7. The van der Waals surface area contributed by atoms with Gasteiger partial charge in [0.2, 0.25) is 24.3 Å². The number of piperazine rings is 3. The zero-order chi connectivity index (χ0) is 58.4. The molecular formula is C62H69Cl3N16O2S3. The van der Waals surface area contributed by atoms with Gasteiger partial charge in [0.05, 0.1) is 54.9 Å². The Morgan fingerprint density at radius 2 is 0.907 bits per heavy atom. The Morgan fingerprint density at radius 1 is 0.523 bits per heavy atom. The molecule has 4 saturated heterocycles. The number of thiophene rings is 3. The number of amides is 1. The van der Waals surface area contributed by atoms with Crippen molar-refractivity contribution in [2.75, 3.05) is 147 Å². The number of carbonyl (C=O) groups excluding carboxylic acids is 1. The monoisotopic (exact) mass is 1270 g/mol. The van der Waals surface area contributed by atoms with Crippen molar-refractivity contribution in [3.8, 4) is 31.7 Å². The minimum absolute atomic E-state index is 0.327. The highest BCUT2D eigenvalue weighted by molar-refractivity contribution is 7.23. The first-order valence-electron chi connectivity index (χ1n) is 29.8. The Hall–Kier alpha value is -5.76.